The normalized spacial score (nSPS) is 12.0. The molecular weight excluding hydrogens is 380 g/mol. The molecule has 0 saturated carbocycles. The van der Waals surface area contributed by atoms with E-state index in [-0.39, 0.29) is 22.3 Å². The standard InChI is InChI=1S/C19H18N4O4S/c24-18-15-12-14(6-7-16(15)21-19(25)22-18)28(26,27)20-9-3-10-23-11-8-13-4-1-2-5-17(13)23/h1-2,4-8,11-12,20H,3,9-10H2,(H2,21,22,24,25). The van der Waals surface area contributed by atoms with E-state index in [0.29, 0.717) is 13.0 Å². The first-order valence-corrected chi connectivity index (χ1v) is 10.2. The van der Waals surface area contributed by atoms with Crippen LogP contribution in [-0.2, 0) is 16.6 Å². The van der Waals surface area contributed by atoms with Crippen LogP contribution in [0.4, 0.5) is 0 Å². The number of aromatic nitrogens is 3. The number of aryl methyl sites for hydroxylation is 1. The Morgan fingerprint density at radius 1 is 1.00 bits per heavy atom. The van der Waals surface area contributed by atoms with Gasteiger partial charge in [-0.3, -0.25) is 9.78 Å². The summed E-state index contributed by atoms with van der Waals surface area (Å²) in [4.78, 5) is 27.7. The fourth-order valence-electron chi connectivity index (χ4n) is 3.19. The predicted molar refractivity (Wildman–Crippen MR) is 107 cm³/mol. The lowest BCUT2D eigenvalue weighted by atomic mass is 10.2. The molecule has 9 heteroatoms. The largest absolute Gasteiger partial charge is 0.347 e. The van der Waals surface area contributed by atoms with Gasteiger partial charge in [-0.2, -0.15) is 0 Å². The van der Waals surface area contributed by atoms with Crippen LogP contribution in [0.1, 0.15) is 6.42 Å². The van der Waals surface area contributed by atoms with Crippen molar-refractivity contribution in [1.82, 2.24) is 19.3 Å². The lowest BCUT2D eigenvalue weighted by molar-refractivity contribution is 0.572. The summed E-state index contributed by atoms with van der Waals surface area (Å²) < 4.78 is 29.7. The minimum absolute atomic E-state index is 0.0241. The third-order valence-electron chi connectivity index (χ3n) is 4.57. The Morgan fingerprint density at radius 2 is 1.82 bits per heavy atom. The molecule has 144 valence electrons. The molecule has 0 spiro atoms. The van der Waals surface area contributed by atoms with E-state index in [1.165, 1.54) is 18.2 Å². The van der Waals surface area contributed by atoms with Crippen molar-refractivity contribution in [2.75, 3.05) is 6.54 Å². The molecule has 3 N–H and O–H groups in total. The molecule has 2 heterocycles. The first kappa shape index (κ1) is 18.2. The molecule has 0 amide bonds. The van der Waals surface area contributed by atoms with Crippen molar-refractivity contribution >= 4 is 31.8 Å². The van der Waals surface area contributed by atoms with Gasteiger partial charge in [0.2, 0.25) is 10.0 Å². The van der Waals surface area contributed by atoms with Gasteiger partial charge in [-0.15, -0.1) is 0 Å². The fourth-order valence-corrected chi connectivity index (χ4v) is 4.29. The van der Waals surface area contributed by atoms with Crippen LogP contribution >= 0.6 is 0 Å². The SMILES string of the molecule is O=c1[nH]c(=O)c2cc(S(=O)(=O)NCCCn3ccc4ccccc43)ccc2[nH]1. The molecule has 0 aliphatic carbocycles. The first-order chi connectivity index (χ1) is 13.4. The average molecular weight is 398 g/mol. The number of sulfonamides is 1. The second kappa shape index (κ2) is 7.10. The molecule has 0 saturated heterocycles. The third kappa shape index (κ3) is 3.49. The van der Waals surface area contributed by atoms with E-state index in [4.69, 9.17) is 0 Å². The van der Waals surface area contributed by atoms with Crippen molar-refractivity contribution in [3.63, 3.8) is 0 Å². The zero-order chi connectivity index (χ0) is 19.7. The Bertz CT molecular complexity index is 1380. The van der Waals surface area contributed by atoms with E-state index in [0.717, 1.165) is 10.9 Å². The summed E-state index contributed by atoms with van der Waals surface area (Å²) in [5, 5.41) is 1.25. The maximum absolute atomic E-state index is 12.5. The number of benzene rings is 2. The van der Waals surface area contributed by atoms with Gasteiger partial charge in [-0.1, -0.05) is 18.2 Å². The van der Waals surface area contributed by atoms with Crippen molar-refractivity contribution in [1.29, 1.82) is 0 Å². The molecule has 0 aliphatic rings. The topological polar surface area (TPSA) is 117 Å². The van der Waals surface area contributed by atoms with E-state index < -0.39 is 21.3 Å². The molecule has 2 aromatic heterocycles. The van der Waals surface area contributed by atoms with Crippen LogP contribution < -0.4 is 16.0 Å². The van der Waals surface area contributed by atoms with E-state index in [1.54, 1.807) is 0 Å². The van der Waals surface area contributed by atoms with Crippen LogP contribution in [0.5, 0.6) is 0 Å². The number of aromatic amines is 2. The summed E-state index contributed by atoms with van der Waals surface area (Å²) in [6.07, 6.45) is 2.59. The van der Waals surface area contributed by atoms with Crippen LogP contribution in [0, 0.1) is 0 Å². The number of para-hydroxylation sites is 1. The summed E-state index contributed by atoms with van der Waals surface area (Å²) in [6, 6.07) is 14.1. The Balaban J connectivity index is 1.46. The molecule has 0 fully saturated rings. The van der Waals surface area contributed by atoms with Gasteiger partial charge in [0, 0.05) is 24.8 Å². The maximum Gasteiger partial charge on any atom is 0.326 e. The average Bonchev–Trinajstić information content (AvgIpc) is 3.08. The van der Waals surface area contributed by atoms with Gasteiger partial charge >= 0.3 is 5.69 Å². The molecule has 4 rings (SSSR count). The highest BCUT2D eigenvalue weighted by molar-refractivity contribution is 7.89. The Kier molecular flexibility index (Phi) is 4.62. The van der Waals surface area contributed by atoms with E-state index >= 15 is 0 Å². The molecule has 0 aliphatic heterocycles. The minimum atomic E-state index is -3.77. The Hall–Kier alpha value is -3.17. The van der Waals surface area contributed by atoms with Crippen LogP contribution in [0.2, 0.25) is 0 Å². The number of hydrogen-bond donors (Lipinski definition) is 3. The summed E-state index contributed by atoms with van der Waals surface area (Å²) in [5.74, 6) is 0. The fraction of sp³-hybridized carbons (Fsp3) is 0.158. The molecule has 0 radical (unpaired) electrons. The van der Waals surface area contributed by atoms with Crippen molar-refractivity contribution in [3.8, 4) is 0 Å². The summed E-state index contributed by atoms with van der Waals surface area (Å²) in [5.41, 5.74) is 0.124. The molecule has 0 atom stereocenters. The van der Waals surface area contributed by atoms with Crippen LogP contribution in [0.15, 0.2) is 69.2 Å². The molecule has 2 aromatic carbocycles. The van der Waals surface area contributed by atoms with Crippen molar-refractivity contribution in [2.45, 2.75) is 17.9 Å². The monoisotopic (exact) mass is 398 g/mol. The van der Waals surface area contributed by atoms with Crippen LogP contribution in [0.3, 0.4) is 0 Å². The lowest BCUT2D eigenvalue weighted by Gasteiger charge is -2.09. The van der Waals surface area contributed by atoms with Crippen LogP contribution in [0.25, 0.3) is 21.8 Å². The number of fused-ring (bicyclic) bond motifs is 2. The van der Waals surface area contributed by atoms with Crippen LogP contribution in [-0.4, -0.2) is 29.5 Å². The Morgan fingerprint density at radius 3 is 2.68 bits per heavy atom. The summed E-state index contributed by atoms with van der Waals surface area (Å²) in [6.45, 7) is 0.934. The van der Waals surface area contributed by atoms with Crippen molar-refractivity contribution < 1.29 is 8.42 Å². The maximum atomic E-state index is 12.5. The number of nitrogens with zero attached hydrogens (tertiary/aromatic N) is 1. The van der Waals surface area contributed by atoms with Gasteiger partial charge < -0.3 is 9.55 Å². The highest BCUT2D eigenvalue weighted by atomic mass is 32.2. The summed E-state index contributed by atoms with van der Waals surface area (Å²) >= 11 is 0. The van der Waals surface area contributed by atoms with Gasteiger partial charge in [0.15, 0.2) is 0 Å². The zero-order valence-electron chi connectivity index (χ0n) is 14.8. The van der Waals surface area contributed by atoms with Crippen molar-refractivity contribution in [3.05, 3.63) is 75.6 Å². The highest BCUT2D eigenvalue weighted by Crippen LogP contribution is 2.16. The second-order valence-corrected chi connectivity index (χ2v) is 8.20. The quantitative estimate of drug-likeness (QED) is 0.427. The molecule has 28 heavy (non-hydrogen) atoms. The van der Waals surface area contributed by atoms with Gasteiger partial charge in [-0.05, 0) is 42.1 Å². The highest BCUT2D eigenvalue weighted by Gasteiger charge is 2.15. The number of hydrogen-bond acceptors (Lipinski definition) is 4. The van der Waals surface area contributed by atoms with E-state index in [1.807, 2.05) is 36.5 Å². The number of rotatable bonds is 6. The molecule has 8 nitrogen and oxygen atoms in total. The molecular formula is C19H18N4O4S. The minimum Gasteiger partial charge on any atom is -0.347 e. The predicted octanol–water partition coefficient (Wildman–Crippen LogP) is 1.54. The van der Waals surface area contributed by atoms with Crippen molar-refractivity contribution in [2.24, 2.45) is 0 Å². The molecule has 0 unspecified atom stereocenters. The van der Waals surface area contributed by atoms with Gasteiger partial charge in [0.05, 0.1) is 15.8 Å². The van der Waals surface area contributed by atoms with Gasteiger partial charge in [0.1, 0.15) is 0 Å². The lowest BCUT2D eigenvalue weighted by Crippen LogP contribution is -2.26. The second-order valence-electron chi connectivity index (χ2n) is 6.43. The summed E-state index contributed by atoms with van der Waals surface area (Å²) in [7, 11) is -3.77. The first-order valence-electron chi connectivity index (χ1n) is 8.74. The van der Waals surface area contributed by atoms with E-state index in [9.17, 15) is 18.0 Å². The molecule has 0 bridgehead atoms. The zero-order valence-corrected chi connectivity index (χ0v) is 15.6. The number of nitrogens with one attached hydrogen (secondary N) is 3. The van der Waals surface area contributed by atoms with Gasteiger partial charge in [-0.25, -0.2) is 17.9 Å². The Labute approximate surface area is 159 Å². The van der Waals surface area contributed by atoms with Gasteiger partial charge in [0.25, 0.3) is 5.56 Å². The third-order valence-corrected chi connectivity index (χ3v) is 6.03. The van der Waals surface area contributed by atoms with E-state index in [2.05, 4.69) is 19.3 Å². The molecule has 4 aromatic rings. The smallest absolute Gasteiger partial charge is 0.326 e. The number of H-pyrrole nitrogens is 2.